The first-order valence-electron chi connectivity index (χ1n) is 9.67. The van der Waals surface area contributed by atoms with E-state index in [0.717, 1.165) is 42.6 Å². The van der Waals surface area contributed by atoms with Crippen molar-refractivity contribution in [3.05, 3.63) is 59.7 Å². The van der Waals surface area contributed by atoms with Crippen LogP contribution in [0.25, 0.3) is 0 Å². The topological polar surface area (TPSA) is 32.3 Å². The molecule has 4 rings (SSSR count). The molecular weight excluding hydrogens is 346 g/mol. The molecule has 0 aromatic heterocycles. The summed E-state index contributed by atoms with van der Waals surface area (Å²) in [6.07, 6.45) is 4.76. The molecule has 1 amide bonds. The van der Waals surface area contributed by atoms with E-state index in [-0.39, 0.29) is 35.5 Å². The standard InChI is InChI=1S/C22H24F2N2O/c1-14-12-20(25-18-9-6-16(23)7-10-18)19-13-17(24)8-11-21(19)26(14)22(27)15-4-2-3-5-15/h6-11,13-15,20,25H,2-5,12H2,1H3/t14-,20+/m0/s1. The van der Waals surface area contributed by atoms with Gasteiger partial charge in [-0.15, -0.1) is 0 Å². The Hall–Kier alpha value is -2.43. The van der Waals surface area contributed by atoms with E-state index in [0.29, 0.717) is 6.42 Å². The zero-order valence-corrected chi connectivity index (χ0v) is 15.4. The number of hydrogen-bond donors (Lipinski definition) is 1. The molecule has 1 heterocycles. The van der Waals surface area contributed by atoms with Crippen LogP contribution in [-0.4, -0.2) is 11.9 Å². The third-order valence-corrected chi connectivity index (χ3v) is 5.77. The summed E-state index contributed by atoms with van der Waals surface area (Å²) in [5.41, 5.74) is 2.34. The number of carbonyl (C=O) groups is 1. The summed E-state index contributed by atoms with van der Waals surface area (Å²) in [4.78, 5) is 15.0. The minimum atomic E-state index is -0.317. The zero-order chi connectivity index (χ0) is 19.0. The SMILES string of the molecule is C[C@H]1C[C@@H](Nc2ccc(F)cc2)c2cc(F)ccc2N1C(=O)C1CCCC1. The summed E-state index contributed by atoms with van der Waals surface area (Å²) in [6, 6.07) is 10.7. The van der Waals surface area contributed by atoms with Crippen molar-refractivity contribution in [2.75, 3.05) is 10.2 Å². The second-order valence-corrected chi connectivity index (χ2v) is 7.68. The largest absolute Gasteiger partial charge is 0.378 e. The van der Waals surface area contributed by atoms with Crippen LogP contribution in [-0.2, 0) is 4.79 Å². The van der Waals surface area contributed by atoms with Crippen LogP contribution in [0, 0.1) is 17.6 Å². The highest BCUT2D eigenvalue weighted by Crippen LogP contribution is 2.41. The van der Waals surface area contributed by atoms with E-state index < -0.39 is 0 Å². The molecule has 1 saturated carbocycles. The molecule has 1 aliphatic heterocycles. The van der Waals surface area contributed by atoms with Crippen molar-refractivity contribution in [1.82, 2.24) is 0 Å². The lowest BCUT2D eigenvalue weighted by molar-refractivity contribution is -0.122. The first kappa shape index (κ1) is 18.0. The molecule has 2 aromatic carbocycles. The highest BCUT2D eigenvalue weighted by atomic mass is 19.1. The predicted molar refractivity (Wildman–Crippen MR) is 103 cm³/mol. The highest BCUT2D eigenvalue weighted by Gasteiger charge is 2.37. The van der Waals surface area contributed by atoms with Crippen molar-refractivity contribution < 1.29 is 13.6 Å². The third-order valence-electron chi connectivity index (χ3n) is 5.77. The van der Waals surface area contributed by atoms with Gasteiger partial charge in [0.15, 0.2) is 0 Å². The Balaban J connectivity index is 1.67. The summed E-state index contributed by atoms with van der Waals surface area (Å²) in [5, 5.41) is 3.38. The number of halogens is 2. The molecule has 1 aliphatic carbocycles. The first-order chi connectivity index (χ1) is 13.0. The van der Waals surface area contributed by atoms with Gasteiger partial charge in [-0.3, -0.25) is 4.79 Å². The first-order valence-corrected chi connectivity index (χ1v) is 9.67. The third kappa shape index (κ3) is 3.55. The zero-order valence-electron chi connectivity index (χ0n) is 15.4. The van der Waals surface area contributed by atoms with Crippen LogP contribution >= 0.6 is 0 Å². The average Bonchev–Trinajstić information content (AvgIpc) is 3.18. The molecule has 1 fully saturated rings. The van der Waals surface area contributed by atoms with Crippen LogP contribution in [0.1, 0.15) is 50.6 Å². The monoisotopic (exact) mass is 370 g/mol. The number of amides is 1. The maximum Gasteiger partial charge on any atom is 0.230 e. The molecule has 1 N–H and O–H groups in total. The summed E-state index contributed by atoms with van der Waals surface area (Å²) in [6.45, 7) is 2.04. The Morgan fingerprint density at radius 3 is 2.41 bits per heavy atom. The molecule has 0 spiro atoms. The van der Waals surface area contributed by atoms with E-state index in [9.17, 15) is 13.6 Å². The molecule has 27 heavy (non-hydrogen) atoms. The minimum Gasteiger partial charge on any atom is -0.378 e. The van der Waals surface area contributed by atoms with E-state index >= 15 is 0 Å². The number of hydrogen-bond acceptors (Lipinski definition) is 2. The molecule has 142 valence electrons. The molecule has 5 heteroatoms. The number of nitrogens with one attached hydrogen (secondary N) is 1. The molecule has 0 bridgehead atoms. The Bertz CT molecular complexity index is 831. The normalized spacial score (nSPS) is 22.6. The summed E-state index contributed by atoms with van der Waals surface area (Å²) < 4.78 is 27.2. The van der Waals surface area contributed by atoms with Crippen LogP contribution in [0.2, 0.25) is 0 Å². The lowest BCUT2D eigenvalue weighted by atomic mass is 9.90. The lowest BCUT2D eigenvalue weighted by Crippen LogP contribution is -2.46. The lowest BCUT2D eigenvalue weighted by Gasteiger charge is -2.41. The number of benzene rings is 2. The Kier molecular flexibility index (Phi) is 4.85. The molecule has 2 atom stereocenters. The molecule has 0 unspecified atom stereocenters. The quantitative estimate of drug-likeness (QED) is 0.781. The van der Waals surface area contributed by atoms with E-state index in [1.807, 2.05) is 11.8 Å². The van der Waals surface area contributed by atoms with Gasteiger partial charge in [-0.05, 0) is 68.7 Å². The summed E-state index contributed by atoms with van der Waals surface area (Å²) in [5.74, 6) is -0.375. The maximum absolute atomic E-state index is 14.0. The number of anilines is 2. The molecule has 2 aliphatic rings. The fourth-order valence-corrected chi connectivity index (χ4v) is 4.42. The van der Waals surface area contributed by atoms with Gasteiger partial charge < -0.3 is 10.2 Å². The minimum absolute atomic E-state index is 0.00834. The average molecular weight is 370 g/mol. The van der Waals surface area contributed by atoms with Gasteiger partial charge >= 0.3 is 0 Å². The smallest absolute Gasteiger partial charge is 0.230 e. The van der Waals surface area contributed by atoms with Crippen molar-refractivity contribution in [3.63, 3.8) is 0 Å². The van der Waals surface area contributed by atoms with Gasteiger partial charge in [0, 0.05) is 28.9 Å². The van der Waals surface area contributed by atoms with Crippen LogP contribution in [0.4, 0.5) is 20.2 Å². The number of fused-ring (bicyclic) bond motifs is 1. The summed E-state index contributed by atoms with van der Waals surface area (Å²) >= 11 is 0. The van der Waals surface area contributed by atoms with Crippen molar-refractivity contribution in [2.24, 2.45) is 5.92 Å². The molecule has 2 aromatic rings. The molecular formula is C22H24F2N2O. The van der Waals surface area contributed by atoms with E-state index in [4.69, 9.17) is 0 Å². The second-order valence-electron chi connectivity index (χ2n) is 7.68. The number of rotatable bonds is 3. The fraction of sp³-hybridized carbons (Fsp3) is 0.409. The van der Waals surface area contributed by atoms with Crippen molar-refractivity contribution in [3.8, 4) is 0 Å². The van der Waals surface area contributed by atoms with E-state index in [2.05, 4.69) is 5.32 Å². The number of carbonyl (C=O) groups excluding carboxylic acids is 1. The van der Waals surface area contributed by atoms with Crippen LogP contribution in [0.5, 0.6) is 0 Å². The van der Waals surface area contributed by atoms with Crippen molar-refractivity contribution >= 4 is 17.3 Å². The van der Waals surface area contributed by atoms with Gasteiger partial charge in [0.25, 0.3) is 0 Å². The van der Waals surface area contributed by atoms with Crippen molar-refractivity contribution in [2.45, 2.75) is 51.1 Å². The Morgan fingerprint density at radius 2 is 1.70 bits per heavy atom. The van der Waals surface area contributed by atoms with Gasteiger partial charge in [-0.1, -0.05) is 12.8 Å². The van der Waals surface area contributed by atoms with Gasteiger partial charge in [0.2, 0.25) is 5.91 Å². The number of nitrogens with zero attached hydrogens (tertiary/aromatic N) is 1. The predicted octanol–water partition coefficient (Wildman–Crippen LogP) is 5.43. The second kappa shape index (κ2) is 7.29. The van der Waals surface area contributed by atoms with E-state index in [1.165, 1.54) is 24.3 Å². The van der Waals surface area contributed by atoms with Gasteiger partial charge in [0.1, 0.15) is 11.6 Å². The van der Waals surface area contributed by atoms with Crippen molar-refractivity contribution in [1.29, 1.82) is 0 Å². The maximum atomic E-state index is 14.0. The highest BCUT2D eigenvalue weighted by molar-refractivity contribution is 5.97. The Morgan fingerprint density at radius 1 is 1.04 bits per heavy atom. The fourth-order valence-electron chi connectivity index (χ4n) is 4.42. The molecule has 0 radical (unpaired) electrons. The van der Waals surface area contributed by atoms with Gasteiger partial charge in [-0.2, -0.15) is 0 Å². The molecule has 3 nitrogen and oxygen atoms in total. The Labute approximate surface area is 158 Å². The van der Waals surface area contributed by atoms with Crippen LogP contribution in [0.15, 0.2) is 42.5 Å². The van der Waals surface area contributed by atoms with Crippen LogP contribution in [0.3, 0.4) is 0 Å². The molecule has 0 saturated heterocycles. The van der Waals surface area contributed by atoms with Gasteiger partial charge in [0.05, 0.1) is 6.04 Å². The van der Waals surface area contributed by atoms with Gasteiger partial charge in [-0.25, -0.2) is 8.78 Å². The van der Waals surface area contributed by atoms with E-state index in [1.54, 1.807) is 18.2 Å². The summed E-state index contributed by atoms with van der Waals surface area (Å²) in [7, 11) is 0. The van der Waals surface area contributed by atoms with Crippen LogP contribution < -0.4 is 10.2 Å².